The van der Waals surface area contributed by atoms with E-state index in [1.165, 1.54) is 0 Å². The van der Waals surface area contributed by atoms with E-state index < -0.39 is 10.2 Å². The van der Waals surface area contributed by atoms with Crippen LogP contribution in [-0.4, -0.2) is 10.2 Å². The normalized spacial score (nSPS) is 5.33. The molecule has 1 radical (unpaired) electrons. The topological polar surface area (TPSA) is 132 Å². The largest absolute Gasteiger partial charge is 0.356 e. The van der Waals surface area contributed by atoms with Crippen molar-refractivity contribution in [3.05, 3.63) is 30.6 Å². The molecule has 0 amide bonds. The van der Waals surface area contributed by atoms with E-state index in [-0.39, 0.29) is 35.6 Å². The smallest absolute Gasteiger partial charge is 0.0689 e. The first kappa shape index (κ1) is 15.8. The van der Waals surface area contributed by atoms with Crippen molar-refractivity contribution in [1.29, 1.82) is 0 Å². The predicted octanol–water partition coefficient (Wildman–Crippen LogP) is -0.478. The van der Waals surface area contributed by atoms with Crippen LogP contribution < -0.4 is 0 Å². The first-order chi connectivity index (χ1) is 3.46. The minimum atomic E-state index is -1.75. The number of nitrogens with zero attached hydrogens (tertiary/aromatic N) is 2. The molecule has 0 aliphatic heterocycles. The van der Waals surface area contributed by atoms with Gasteiger partial charge < -0.3 is 30.6 Å². The summed E-state index contributed by atoms with van der Waals surface area (Å²) in [5.74, 6) is 0. The second-order valence-electron chi connectivity index (χ2n) is 0.447. The van der Waals surface area contributed by atoms with Crippen LogP contribution in [0.25, 0.3) is 0 Å². The Labute approximate surface area is 76.3 Å². The van der Waals surface area contributed by atoms with Gasteiger partial charge in [0, 0.05) is 35.6 Å². The van der Waals surface area contributed by atoms with Gasteiger partial charge >= 0.3 is 0 Å². The van der Waals surface area contributed by atoms with E-state index in [1.54, 1.807) is 0 Å². The zero-order valence-corrected chi connectivity index (χ0v) is 7.55. The summed E-state index contributed by atoms with van der Waals surface area (Å²) in [5.41, 5.74) is 0. The van der Waals surface area contributed by atoms with Crippen molar-refractivity contribution >= 4 is 0 Å². The monoisotopic (exact) mass is 263 g/mol. The van der Waals surface area contributed by atoms with Crippen LogP contribution in [0.5, 0.6) is 0 Å². The molecule has 51 valence electrons. The molecular weight excluding hydrogens is 263 g/mol. The van der Waals surface area contributed by atoms with Crippen molar-refractivity contribution in [2.45, 2.75) is 0 Å². The van der Waals surface area contributed by atoms with Gasteiger partial charge in [-0.05, 0) is 0 Å². The van der Waals surface area contributed by atoms with Crippen LogP contribution in [0.1, 0.15) is 0 Å². The number of hydrogen-bond acceptors (Lipinski definition) is 6. The zero-order valence-electron chi connectivity index (χ0n) is 3.92. The minimum absolute atomic E-state index is 0. The van der Waals surface area contributed by atoms with E-state index in [1.807, 2.05) is 0 Å². The second kappa shape index (κ2) is 10.6. The first-order valence-electron chi connectivity index (χ1n) is 1.10. The Bertz CT molecular complexity index is 69.1. The predicted molar refractivity (Wildman–Crippen MR) is 20.7 cm³/mol. The molecule has 0 unspecified atom stereocenters. The van der Waals surface area contributed by atoms with Crippen molar-refractivity contribution in [3.63, 3.8) is 0 Å². The van der Waals surface area contributed by atoms with E-state index in [4.69, 9.17) is 30.6 Å². The molecule has 0 aromatic heterocycles. The SMILES string of the molecule is O=[N+]([O-])[O-].O=[N+]([O-])[O-].[La]. The van der Waals surface area contributed by atoms with Gasteiger partial charge in [0.25, 0.3) is 0 Å². The van der Waals surface area contributed by atoms with E-state index >= 15 is 0 Å². The van der Waals surface area contributed by atoms with E-state index in [0.29, 0.717) is 0 Å². The molecule has 0 aromatic carbocycles. The molecule has 9 heavy (non-hydrogen) atoms. The van der Waals surface area contributed by atoms with Gasteiger partial charge in [-0.1, -0.05) is 0 Å². The molecule has 8 nitrogen and oxygen atoms in total. The van der Waals surface area contributed by atoms with Crippen LogP contribution in [0.4, 0.5) is 0 Å². The maximum absolute atomic E-state index is 8.25. The standard InChI is InChI=1S/La.2NO3/c;2*2-1(3)4/q;2*-1. The van der Waals surface area contributed by atoms with Crippen molar-refractivity contribution < 1.29 is 45.8 Å². The fraction of sp³-hybridized carbons (Fsp3) is 0. The van der Waals surface area contributed by atoms with Gasteiger partial charge in [0.2, 0.25) is 0 Å². The van der Waals surface area contributed by atoms with Crippen LogP contribution in [-0.2, 0) is 0 Å². The van der Waals surface area contributed by atoms with Crippen molar-refractivity contribution in [2.75, 3.05) is 0 Å². The Morgan fingerprint density at radius 1 is 0.778 bits per heavy atom. The van der Waals surface area contributed by atoms with Crippen LogP contribution in [0.15, 0.2) is 0 Å². The van der Waals surface area contributed by atoms with Gasteiger partial charge in [0.1, 0.15) is 0 Å². The molecule has 9 heteroatoms. The summed E-state index contributed by atoms with van der Waals surface area (Å²) in [4.78, 5) is 16.5. The van der Waals surface area contributed by atoms with E-state index in [0.717, 1.165) is 0 Å². The van der Waals surface area contributed by atoms with Crippen molar-refractivity contribution in [2.24, 2.45) is 0 Å². The second-order valence-corrected chi connectivity index (χ2v) is 0.447. The van der Waals surface area contributed by atoms with Crippen molar-refractivity contribution in [3.8, 4) is 0 Å². The summed E-state index contributed by atoms with van der Waals surface area (Å²) in [7, 11) is 0. The molecule has 0 aliphatic rings. The Hall–Kier alpha value is -0.405. The first-order valence-corrected chi connectivity index (χ1v) is 1.10. The third-order valence-electron chi connectivity index (χ3n) is 0. The molecule has 0 rings (SSSR count). The minimum Gasteiger partial charge on any atom is -0.356 e. The zero-order chi connectivity index (χ0) is 7.15. The summed E-state index contributed by atoms with van der Waals surface area (Å²) in [6.07, 6.45) is 0. The van der Waals surface area contributed by atoms with Crippen LogP contribution >= 0.6 is 0 Å². The molecule has 0 fully saturated rings. The molecule has 0 spiro atoms. The van der Waals surface area contributed by atoms with E-state index in [9.17, 15) is 0 Å². The summed E-state index contributed by atoms with van der Waals surface area (Å²) >= 11 is 0. The summed E-state index contributed by atoms with van der Waals surface area (Å²) in [6, 6.07) is 0. The average Bonchev–Trinajstić information content (AvgIpc) is 1.25. The summed E-state index contributed by atoms with van der Waals surface area (Å²) < 4.78 is 0. The summed E-state index contributed by atoms with van der Waals surface area (Å²) in [5, 5.41) is 29.5. The molecule has 0 aromatic rings. The Kier molecular flexibility index (Phi) is 18.6. The Morgan fingerprint density at radius 3 is 0.778 bits per heavy atom. The molecule has 0 aliphatic carbocycles. The molecule has 0 saturated carbocycles. The average molecular weight is 263 g/mol. The molecule has 0 saturated heterocycles. The molecule has 0 N–H and O–H groups in total. The fourth-order valence-electron chi connectivity index (χ4n) is 0. The maximum Gasteiger partial charge on any atom is 0.0689 e. The van der Waals surface area contributed by atoms with Crippen LogP contribution in [0, 0.1) is 66.2 Å². The van der Waals surface area contributed by atoms with Crippen molar-refractivity contribution in [1.82, 2.24) is 0 Å². The van der Waals surface area contributed by atoms with Gasteiger partial charge in [0.15, 0.2) is 0 Å². The third kappa shape index (κ3) is 1450. The van der Waals surface area contributed by atoms with Crippen LogP contribution in [0.2, 0.25) is 0 Å². The number of rotatable bonds is 0. The molecule has 0 bridgehead atoms. The fourth-order valence-corrected chi connectivity index (χ4v) is 0. The third-order valence-corrected chi connectivity index (χ3v) is 0. The Balaban J connectivity index is -0.0000000720. The Morgan fingerprint density at radius 2 is 0.778 bits per heavy atom. The van der Waals surface area contributed by atoms with Gasteiger partial charge in [-0.25, -0.2) is 0 Å². The number of hydrogen-bond donors (Lipinski definition) is 0. The maximum atomic E-state index is 8.25. The quantitative estimate of drug-likeness (QED) is 0.428. The summed E-state index contributed by atoms with van der Waals surface area (Å²) in [6.45, 7) is 0. The van der Waals surface area contributed by atoms with E-state index in [2.05, 4.69) is 0 Å². The van der Waals surface area contributed by atoms with Gasteiger partial charge in [-0.3, -0.25) is 0 Å². The van der Waals surface area contributed by atoms with Gasteiger partial charge in [0.05, 0.1) is 10.2 Å². The van der Waals surface area contributed by atoms with Gasteiger partial charge in [-0.2, -0.15) is 0 Å². The molecule has 0 atom stereocenters. The van der Waals surface area contributed by atoms with Crippen LogP contribution in [0.3, 0.4) is 0 Å². The van der Waals surface area contributed by atoms with Gasteiger partial charge in [-0.15, -0.1) is 0 Å². The molecule has 0 heterocycles. The molecular formula is LaN2O6-2.